The Morgan fingerprint density at radius 3 is 1.18 bits per heavy atom. The molecule has 6 aliphatic rings. The Kier molecular flexibility index (Phi) is 34.8. The van der Waals surface area contributed by atoms with Gasteiger partial charge >= 0.3 is 0 Å². The molecule has 3 unspecified atom stereocenters. The van der Waals surface area contributed by atoms with Crippen LogP contribution in [-0.4, -0.2) is 45.9 Å². The van der Waals surface area contributed by atoms with Gasteiger partial charge in [-0.15, -0.1) is 0 Å². The van der Waals surface area contributed by atoms with Crippen LogP contribution in [0.4, 0.5) is 0 Å². The second-order valence-electron chi connectivity index (χ2n) is 35.7. The van der Waals surface area contributed by atoms with Gasteiger partial charge in [0.05, 0.1) is 0 Å². The van der Waals surface area contributed by atoms with Crippen molar-refractivity contribution >= 4 is 110 Å². The molecule has 10 aromatic rings. The highest BCUT2D eigenvalue weighted by Gasteiger charge is 2.54. The Hall–Kier alpha value is -9.31. The van der Waals surface area contributed by atoms with Crippen LogP contribution in [0.25, 0.3) is 6.08 Å². The van der Waals surface area contributed by atoms with Crippen molar-refractivity contribution in [3.63, 3.8) is 0 Å². The highest BCUT2D eigenvalue weighted by Crippen LogP contribution is 2.61. The standard InChI is InChI=1S/C28H36O2.C22H22O2.C21H30O2.C17H15IO2.C14H11IO2.C7H5IO2/c1-19(2)10-13-25-20(3)27(29)17-26-24-12-11-23(16-22(24)14-15-28(25,26)4)30-18-21-8-6-5-7-9-21;1-22-11-9-17-13-19(24-15-16-5-3-2-4-6-16)7-8-20(17)21(22)14-18(23)10-12-22;1-13(2)5-8-18-14(3)20(23)12-19-17-7-6-16(22)11-15(17)9-10-21(18,19)4;1-13(19)7-8-15-9-10-16(11-17(15)18)20-12-14-5-3-2-4-6-14;15-14-8-13(7-6-12(14)9-16)17-10-11-4-2-1-3-5-11;8-7-3-6(10)2-1-5(7)4-9/h5-9,11-12,16,19-20,25-26H,10,13-15,17-18H2,1-4H3;2-8,10,12-13,21H,9,11,14-15H2,1H3;6-7,11,13-14,18-19,22H,5,8-10,12H2,1-4H3;2-11H,12H2,1H3;1-9H,10H2;1-4,10H/b;;;8-7+;;/t20?,25-,26+,28-;21?,22-;14?,18-,19+,21-;;;/m000.../s1. The lowest BCUT2D eigenvalue weighted by molar-refractivity contribution is -0.134. The number of hydrogen-bond acceptors (Lipinski definition) is 12. The molecule has 0 aromatic heterocycles. The van der Waals surface area contributed by atoms with Crippen LogP contribution >= 0.6 is 67.8 Å². The van der Waals surface area contributed by atoms with Crippen molar-refractivity contribution < 1.29 is 57.9 Å². The minimum atomic E-state index is 0.0465. The molecule has 10 aromatic carbocycles. The summed E-state index contributed by atoms with van der Waals surface area (Å²) in [5.41, 5.74) is 15.5. The monoisotopic (exact) mass is 2000 g/mol. The number of rotatable bonds is 22. The summed E-state index contributed by atoms with van der Waals surface area (Å²) in [4.78, 5) is 69.4. The van der Waals surface area contributed by atoms with Gasteiger partial charge in [0.15, 0.2) is 24.1 Å². The number of phenolic OH excluding ortho intramolecular Hbond substituents is 2. The highest BCUT2D eigenvalue weighted by atomic mass is 127. The van der Waals surface area contributed by atoms with Crippen LogP contribution in [0.3, 0.4) is 0 Å². The molecule has 2 saturated carbocycles. The summed E-state index contributed by atoms with van der Waals surface area (Å²) in [7, 11) is 0. The van der Waals surface area contributed by atoms with Crippen LogP contribution in [0.1, 0.15) is 233 Å². The molecule has 0 heterocycles. The van der Waals surface area contributed by atoms with Crippen LogP contribution in [0.5, 0.6) is 34.5 Å². The number of fused-ring (bicyclic) bond motifs is 9. The van der Waals surface area contributed by atoms with Gasteiger partial charge in [-0.2, -0.15) is 0 Å². The minimum absolute atomic E-state index is 0.0465. The summed E-state index contributed by atoms with van der Waals surface area (Å²) in [6.07, 6.45) is 22.2. The number of Topliss-reactive ketones (excluding diaryl/α,β-unsaturated/α-hetero) is 2. The second-order valence-corrected chi connectivity index (χ2v) is 39.2. The molecule has 0 radical (unpaired) electrons. The molecule has 0 bridgehead atoms. The molecule has 16 rings (SSSR count). The molecule has 12 nitrogen and oxygen atoms in total. The molecule has 10 atom stereocenters. The smallest absolute Gasteiger partial charge is 0.156 e. The maximum absolute atomic E-state index is 13.0. The molecular weight excluding hydrogens is 1880 g/mol. The Morgan fingerprint density at radius 2 is 0.782 bits per heavy atom. The Balaban J connectivity index is 0.000000148. The van der Waals surface area contributed by atoms with Gasteiger partial charge in [-0.25, -0.2) is 0 Å². The summed E-state index contributed by atoms with van der Waals surface area (Å²) in [5, 5.41) is 18.7. The molecule has 2 N–H and O–H groups in total. The van der Waals surface area contributed by atoms with Gasteiger partial charge in [-0.3, -0.25) is 28.8 Å². The van der Waals surface area contributed by atoms with Gasteiger partial charge in [-0.05, 0) is 336 Å². The van der Waals surface area contributed by atoms with E-state index in [9.17, 15) is 33.9 Å². The number of benzene rings is 10. The summed E-state index contributed by atoms with van der Waals surface area (Å²) in [6, 6.07) is 75.2. The Bertz CT molecular complexity index is 5340. The van der Waals surface area contributed by atoms with Gasteiger partial charge in [-0.1, -0.05) is 233 Å². The van der Waals surface area contributed by atoms with Gasteiger partial charge in [0.2, 0.25) is 0 Å². The third-order valence-electron chi connectivity index (χ3n) is 26.2. The molecular formula is C109H119I3O12. The summed E-state index contributed by atoms with van der Waals surface area (Å²) >= 11 is 6.37. The van der Waals surface area contributed by atoms with Crippen molar-refractivity contribution in [3.05, 3.63) is 332 Å². The number of carbonyl (C=O) groups excluding carboxylic acids is 6. The van der Waals surface area contributed by atoms with Gasteiger partial charge < -0.3 is 29.2 Å². The fourth-order valence-electron chi connectivity index (χ4n) is 18.8. The van der Waals surface area contributed by atoms with E-state index in [0.29, 0.717) is 116 Å². The largest absolute Gasteiger partial charge is 0.508 e. The number of ether oxygens (including phenoxy) is 4. The molecule has 15 heteroatoms. The molecule has 2 fully saturated rings. The van der Waals surface area contributed by atoms with E-state index in [1.165, 1.54) is 76.3 Å². The van der Waals surface area contributed by atoms with E-state index < -0.39 is 0 Å². The third-order valence-corrected chi connectivity index (χ3v) is 29.0. The summed E-state index contributed by atoms with van der Waals surface area (Å²) in [5.74, 6) is 8.92. The number of aromatic hydroxyl groups is 2. The lowest BCUT2D eigenvalue weighted by Crippen LogP contribution is -2.48. The Morgan fingerprint density at radius 1 is 0.435 bits per heavy atom. The minimum Gasteiger partial charge on any atom is -0.508 e. The summed E-state index contributed by atoms with van der Waals surface area (Å²) in [6.45, 7) is 24.4. The zero-order valence-corrected chi connectivity index (χ0v) is 79.7. The second kappa shape index (κ2) is 45.2. The van der Waals surface area contributed by atoms with Crippen molar-refractivity contribution in [1.82, 2.24) is 0 Å². The maximum atomic E-state index is 13.0. The van der Waals surface area contributed by atoms with Crippen LogP contribution in [0, 0.1) is 62.5 Å². The fraction of sp³-hybridized carbons (Fsp3) is 0.358. The average Bonchev–Trinajstić information content (AvgIpc) is 0.739. The SMILES string of the molecule is CC(=O)/C=C/c1ccc(OCc2ccccc2)cc1I.CC(C)CC[C@H]1C(C)C(=O)C[C@@H]2c3ccc(O)cc3CC[C@]21C.CC(C)CC[C@H]1C(C)C(=O)C[C@@H]2c3ccc(OCc4ccccc4)cc3CC[C@]21C.C[C@]12C=CC(=O)CC1c1ccc(OCc3ccccc3)cc1CC2.O=Cc1ccc(O)cc1I.O=Cc1ccc(OCc2ccccc2)cc1I. The predicted molar refractivity (Wildman–Crippen MR) is 523 cm³/mol. The van der Waals surface area contributed by atoms with E-state index in [0.717, 1.165) is 101 Å². The zero-order chi connectivity index (χ0) is 88.7. The number of halogens is 3. The van der Waals surface area contributed by atoms with E-state index in [4.69, 9.17) is 24.1 Å². The van der Waals surface area contributed by atoms with Gasteiger partial charge in [0.25, 0.3) is 0 Å². The molecule has 0 saturated heterocycles. The molecule has 6 aliphatic carbocycles. The molecule has 0 spiro atoms. The molecule has 648 valence electrons. The van der Waals surface area contributed by atoms with E-state index in [1.807, 2.05) is 162 Å². The van der Waals surface area contributed by atoms with Crippen LogP contribution in [0.2, 0.25) is 0 Å². The number of allylic oxidation sites excluding steroid dienone is 3. The van der Waals surface area contributed by atoms with E-state index in [-0.39, 0.29) is 45.4 Å². The van der Waals surface area contributed by atoms with Crippen LogP contribution in [-0.2, 0) is 64.9 Å². The maximum Gasteiger partial charge on any atom is 0.156 e. The lowest BCUT2D eigenvalue weighted by atomic mass is 9.50. The van der Waals surface area contributed by atoms with Gasteiger partial charge in [0, 0.05) is 58.9 Å². The first-order valence-corrected chi connectivity index (χ1v) is 47.0. The first-order chi connectivity index (χ1) is 59.5. The van der Waals surface area contributed by atoms with Crippen molar-refractivity contribution in [3.8, 4) is 34.5 Å². The van der Waals surface area contributed by atoms with Crippen LogP contribution in [0.15, 0.2) is 249 Å². The number of carbonyl (C=O) groups is 6. The zero-order valence-electron chi connectivity index (χ0n) is 73.2. The van der Waals surface area contributed by atoms with E-state index >= 15 is 0 Å². The van der Waals surface area contributed by atoms with Crippen molar-refractivity contribution in [1.29, 1.82) is 0 Å². The van der Waals surface area contributed by atoms with Gasteiger partial charge in [0.1, 0.15) is 72.5 Å². The number of hydrogen-bond donors (Lipinski definition) is 2. The van der Waals surface area contributed by atoms with Crippen LogP contribution < -0.4 is 18.9 Å². The Labute approximate surface area is 775 Å². The first kappa shape index (κ1) is 95.3. The number of aryl methyl sites for hydroxylation is 3. The average molecular weight is 2000 g/mol. The topological polar surface area (TPSA) is 180 Å². The first-order valence-electron chi connectivity index (χ1n) is 43.7. The number of phenols is 2. The van der Waals surface area contributed by atoms with Crippen molar-refractivity contribution in [2.24, 2.45) is 51.8 Å². The molecule has 0 amide bonds. The van der Waals surface area contributed by atoms with E-state index in [2.05, 4.69) is 180 Å². The van der Waals surface area contributed by atoms with Crippen molar-refractivity contribution in [2.75, 3.05) is 0 Å². The van der Waals surface area contributed by atoms with E-state index in [1.54, 1.807) is 43.3 Å². The lowest BCUT2D eigenvalue weighted by Gasteiger charge is -2.53. The fourth-order valence-corrected chi connectivity index (χ4v) is 20.7. The molecule has 124 heavy (non-hydrogen) atoms. The third kappa shape index (κ3) is 25.7. The quantitative estimate of drug-likeness (QED) is 0.0373. The number of ketones is 4. The normalized spacial score (nSPS) is 21.7. The van der Waals surface area contributed by atoms with Crippen molar-refractivity contribution in [2.45, 2.75) is 197 Å². The highest BCUT2D eigenvalue weighted by molar-refractivity contribution is 14.1. The predicted octanol–water partition coefficient (Wildman–Crippen LogP) is 26.8. The summed E-state index contributed by atoms with van der Waals surface area (Å²) < 4.78 is 26.2. The molecule has 0 aliphatic heterocycles. The number of aldehydes is 2.